The van der Waals surface area contributed by atoms with Crippen LogP contribution in [0.5, 0.6) is 5.75 Å². The van der Waals surface area contributed by atoms with Gasteiger partial charge in [0.15, 0.2) is 17.3 Å². The normalized spacial score (nSPS) is 9.69. The van der Waals surface area contributed by atoms with Crippen LogP contribution < -0.4 is 4.74 Å². The van der Waals surface area contributed by atoms with Gasteiger partial charge >= 0.3 is 0 Å². The second kappa shape index (κ2) is 4.07. The van der Waals surface area contributed by atoms with E-state index in [4.69, 9.17) is 12.6 Å². The topological polar surface area (TPSA) is 26.3 Å². The zero-order valence-electron chi connectivity index (χ0n) is 7.21. The maximum absolute atomic E-state index is 13.0. The Hall–Kier alpha value is -1.32. The first-order valence-electron chi connectivity index (χ1n) is 3.76. The maximum atomic E-state index is 13.0. The van der Waals surface area contributed by atoms with Crippen molar-refractivity contribution in [2.24, 2.45) is 0 Å². The first kappa shape index (κ1) is 9.77. The Morgan fingerprint density at radius 2 is 2.31 bits per heavy atom. The van der Waals surface area contributed by atoms with E-state index in [1.807, 2.05) is 0 Å². The van der Waals surface area contributed by atoms with Crippen molar-refractivity contribution in [2.75, 3.05) is 7.11 Å². The lowest BCUT2D eigenvalue weighted by Crippen LogP contribution is -1.99. The highest BCUT2D eigenvalue weighted by Gasteiger charge is 2.07. The van der Waals surface area contributed by atoms with Crippen molar-refractivity contribution in [3.8, 4) is 5.75 Å². The predicted molar refractivity (Wildman–Crippen MR) is 47.8 cm³/mol. The number of ether oxygens (including phenoxy) is 1. The lowest BCUT2D eigenvalue weighted by Gasteiger charge is -2.03. The molecular weight excluding hydrogens is 170 g/mol. The Morgan fingerprint density at radius 3 is 2.77 bits per heavy atom. The van der Waals surface area contributed by atoms with Gasteiger partial charge in [-0.15, -0.1) is 0 Å². The Labute approximate surface area is 77.1 Å². The zero-order chi connectivity index (χ0) is 9.84. The number of halogens is 1. The van der Waals surface area contributed by atoms with E-state index in [0.29, 0.717) is 0 Å². The van der Waals surface area contributed by atoms with Crippen LogP contribution in [-0.4, -0.2) is 20.7 Å². The second-order valence-corrected chi connectivity index (χ2v) is 2.48. The molecule has 0 N–H and O–H groups in total. The minimum absolute atomic E-state index is 0.119. The van der Waals surface area contributed by atoms with Gasteiger partial charge in [0.25, 0.3) is 0 Å². The summed E-state index contributed by atoms with van der Waals surface area (Å²) in [5.74, 6) is -0.725. The summed E-state index contributed by atoms with van der Waals surface area (Å²) in [5, 5.41) is 0. The third-order valence-electron chi connectivity index (χ3n) is 1.66. The van der Waals surface area contributed by atoms with Gasteiger partial charge in [-0.05, 0) is 24.5 Å². The van der Waals surface area contributed by atoms with E-state index in [2.05, 4.69) is 0 Å². The quantitative estimate of drug-likeness (QED) is 0.519. The highest BCUT2D eigenvalue weighted by atomic mass is 19.1. The van der Waals surface area contributed by atoms with Crippen LogP contribution in [0.1, 0.15) is 10.4 Å². The van der Waals surface area contributed by atoms with Gasteiger partial charge in [-0.1, -0.05) is 0 Å². The summed E-state index contributed by atoms with van der Waals surface area (Å²) in [5.41, 5.74) is 0.265. The summed E-state index contributed by atoms with van der Waals surface area (Å²) in [6, 6.07) is 4.00. The van der Waals surface area contributed by atoms with Crippen molar-refractivity contribution in [3.05, 3.63) is 29.6 Å². The van der Waals surface area contributed by atoms with Crippen LogP contribution in [0.4, 0.5) is 4.39 Å². The number of methoxy groups -OCH3 is 1. The third kappa shape index (κ3) is 2.08. The smallest absolute Gasteiger partial charge is 0.165 e. The Bertz CT molecular complexity index is 325. The number of ketones is 1. The zero-order valence-corrected chi connectivity index (χ0v) is 7.21. The van der Waals surface area contributed by atoms with Crippen LogP contribution in [0.3, 0.4) is 0 Å². The summed E-state index contributed by atoms with van der Waals surface area (Å²) in [4.78, 5) is 11.0. The van der Waals surface area contributed by atoms with Crippen LogP contribution in [0.25, 0.3) is 0 Å². The van der Waals surface area contributed by atoms with Crippen molar-refractivity contribution < 1.29 is 13.9 Å². The molecule has 0 heterocycles. The molecular formula is C9H8BFO2. The van der Waals surface area contributed by atoms with E-state index in [1.165, 1.54) is 19.2 Å². The number of benzene rings is 1. The van der Waals surface area contributed by atoms with Crippen LogP contribution >= 0.6 is 0 Å². The van der Waals surface area contributed by atoms with Crippen molar-refractivity contribution in [1.29, 1.82) is 0 Å². The molecule has 4 heteroatoms. The minimum atomic E-state index is -0.554. The average molecular weight is 178 g/mol. The Balaban J connectivity index is 3.02. The molecule has 2 nitrogen and oxygen atoms in total. The van der Waals surface area contributed by atoms with Crippen LogP contribution in [0, 0.1) is 5.82 Å². The summed E-state index contributed by atoms with van der Waals surface area (Å²) >= 11 is 0. The number of hydrogen-bond donors (Lipinski definition) is 0. The fraction of sp³-hybridized carbons (Fsp3) is 0.222. The van der Waals surface area contributed by atoms with Gasteiger partial charge in [-0.3, -0.25) is 4.79 Å². The molecule has 0 spiro atoms. The molecule has 0 aromatic heterocycles. The molecule has 2 radical (unpaired) electrons. The molecule has 0 amide bonds. The van der Waals surface area contributed by atoms with E-state index in [-0.39, 0.29) is 23.4 Å². The molecule has 0 aliphatic heterocycles. The number of carbonyl (C=O) groups excluding carboxylic acids is 1. The molecule has 13 heavy (non-hydrogen) atoms. The van der Waals surface area contributed by atoms with E-state index < -0.39 is 5.82 Å². The molecule has 0 fully saturated rings. The fourth-order valence-electron chi connectivity index (χ4n) is 0.958. The number of carbonyl (C=O) groups is 1. The van der Waals surface area contributed by atoms with Crippen molar-refractivity contribution in [3.63, 3.8) is 0 Å². The van der Waals surface area contributed by atoms with Crippen molar-refractivity contribution in [1.82, 2.24) is 0 Å². The van der Waals surface area contributed by atoms with Gasteiger partial charge in [0.1, 0.15) is 0 Å². The first-order chi connectivity index (χ1) is 6.19. The van der Waals surface area contributed by atoms with Crippen LogP contribution in [0.15, 0.2) is 18.2 Å². The van der Waals surface area contributed by atoms with Gasteiger partial charge < -0.3 is 4.74 Å². The highest BCUT2D eigenvalue weighted by Crippen LogP contribution is 2.18. The van der Waals surface area contributed by atoms with Crippen molar-refractivity contribution >= 4 is 13.6 Å². The predicted octanol–water partition coefficient (Wildman–Crippen LogP) is 1.60. The summed E-state index contributed by atoms with van der Waals surface area (Å²) < 4.78 is 17.7. The molecule has 0 aliphatic carbocycles. The molecule has 1 rings (SSSR count). The van der Waals surface area contributed by atoms with E-state index >= 15 is 0 Å². The van der Waals surface area contributed by atoms with Crippen LogP contribution in [0.2, 0.25) is 6.32 Å². The SMILES string of the molecule is [B]CC(=O)c1ccc(OC)c(F)c1. The van der Waals surface area contributed by atoms with Gasteiger partial charge in [0, 0.05) is 5.56 Å². The van der Waals surface area contributed by atoms with E-state index in [1.54, 1.807) is 0 Å². The van der Waals surface area contributed by atoms with Crippen LogP contribution in [-0.2, 0) is 0 Å². The largest absolute Gasteiger partial charge is 0.494 e. The Morgan fingerprint density at radius 1 is 1.62 bits per heavy atom. The second-order valence-electron chi connectivity index (χ2n) is 2.48. The average Bonchev–Trinajstić information content (AvgIpc) is 2.16. The first-order valence-corrected chi connectivity index (χ1v) is 3.76. The lowest BCUT2D eigenvalue weighted by molar-refractivity contribution is 0.101. The maximum Gasteiger partial charge on any atom is 0.165 e. The molecule has 0 atom stereocenters. The molecule has 0 saturated heterocycles. The van der Waals surface area contributed by atoms with Gasteiger partial charge in [0.05, 0.1) is 15.0 Å². The van der Waals surface area contributed by atoms with Crippen molar-refractivity contribution in [2.45, 2.75) is 6.32 Å². The molecule has 66 valence electrons. The lowest BCUT2D eigenvalue weighted by atomic mass is 9.96. The third-order valence-corrected chi connectivity index (χ3v) is 1.66. The van der Waals surface area contributed by atoms with E-state index in [0.717, 1.165) is 6.07 Å². The Kier molecular flexibility index (Phi) is 3.06. The number of hydrogen-bond acceptors (Lipinski definition) is 2. The number of rotatable bonds is 3. The van der Waals surface area contributed by atoms with Gasteiger partial charge in [0.2, 0.25) is 0 Å². The van der Waals surface area contributed by atoms with E-state index in [9.17, 15) is 9.18 Å². The summed E-state index contributed by atoms with van der Waals surface area (Å²) in [7, 11) is 6.49. The minimum Gasteiger partial charge on any atom is -0.494 e. The molecule has 0 saturated carbocycles. The molecule has 0 bridgehead atoms. The van der Waals surface area contributed by atoms with Gasteiger partial charge in [-0.2, -0.15) is 0 Å². The standard InChI is InChI=1S/C9H8BFO2/c1-13-9-3-2-6(4-7(9)11)8(12)5-10/h2-4H,5H2,1H3. The monoisotopic (exact) mass is 178 g/mol. The fourth-order valence-corrected chi connectivity index (χ4v) is 0.958. The molecule has 1 aromatic carbocycles. The molecule has 1 aromatic rings. The van der Waals surface area contributed by atoms with Gasteiger partial charge in [-0.25, -0.2) is 4.39 Å². The summed E-state index contributed by atoms with van der Waals surface area (Å²) in [6.45, 7) is 0. The number of Topliss-reactive ketones (excluding diaryl/α,β-unsaturated/α-hetero) is 1. The molecule has 0 unspecified atom stereocenters. The highest BCUT2D eigenvalue weighted by molar-refractivity contribution is 6.23. The summed E-state index contributed by atoms with van der Waals surface area (Å²) in [6.07, 6.45) is -0.119. The molecule has 0 aliphatic rings.